The number of carbonyl (C=O) groups excluding carboxylic acids is 3. The second kappa shape index (κ2) is 8.66. The first-order valence-electron chi connectivity index (χ1n) is 8.02. The van der Waals surface area contributed by atoms with Crippen molar-refractivity contribution in [2.45, 2.75) is 6.92 Å². The van der Waals surface area contributed by atoms with Gasteiger partial charge in [0.15, 0.2) is 11.5 Å². The molecule has 0 radical (unpaired) electrons. The lowest BCUT2D eigenvalue weighted by molar-refractivity contribution is -0.129. The van der Waals surface area contributed by atoms with Gasteiger partial charge in [-0.3, -0.25) is 19.8 Å². The minimum atomic E-state index is -0.764. The summed E-state index contributed by atoms with van der Waals surface area (Å²) in [5.41, 5.74) is 0.416. The van der Waals surface area contributed by atoms with Gasteiger partial charge in [-0.25, -0.2) is 4.79 Å². The highest BCUT2D eigenvalue weighted by Crippen LogP contribution is 2.29. The largest absolute Gasteiger partial charge is 0.490 e. The van der Waals surface area contributed by atoms with Crippen LogP contribution in [0, 0.1) is 0 Å². The van der Waals surface area contributed by atoms with Crippen molar-refractivity contribution in [1.82, 2.24) is 10.2 Å². The van der Waals surface area contributed by atoms with E-state index in [1.54, 1.807) is 24.3 Å². The fourth-order valence-corrected chi connectivity index (χ4v) is 2.31. The first-order chi connectivity index (χ1) is 12.5. The molecule has 4 amide bonds. The summed E-state index contributed by atoms with van der Waals surface area (Å²) in [5.74, 6) is -0.419. The van der Waals surface area contributed by atoms with E-state index in [4.69, 9.17) is 9.47 Å². The summed E-state index contributed by atoms with van der Waals surface area (Å²) >= 11 is 0. The predicted molar refractivity (Wildman–Crippen MR) is 96.7 cm³/mol. The zero-order valence-electron chi connectivity index (χ0n) is 14.5. The van der Waals surface area contributed by atoms with Crippen LogP contribution in [0.15, 0.2) is 49.1 Å². The van der Waals surface area contributed by atoms with Crippen molar-refractivity contribution in [2.75, 3.05) is 19.8 Å². The topological polar surface area (TPSA) is 84.9 Å². The van der Waals surface area contributed by atoms with Crippen molar-refractivity contribution in [3.63, 3.8) is 0 Å². The molecule has 0 aliphatic carbocycles. The van der Waals surface area contributed by atoms with Gasteiger partial charge < -0.3 is 9.47 Å². The molecule has 0 saturated carbocycles. The molecule has 26 heavy (non-hydrogen) atoms. The highest BCUT2D eigenvalue weighted by Gasteiger charge is 2.34. The Morgan fingerprint density at radius 1 is 1.12 bits per heavy atom. The van der Waals surface area contributed by atoms with Crippen LogP contribution >= 0.6 is 0 Å². The Bertz CT molecular complexity index is 782. The van der Waals surface area contributed by atoms with Gasteiger partial charge in [0.05, 0.1) is 6.61 Å². The Kier molecular flexibility index (Phi) is 6.32. The Balaban J connectivity index is 2.37. The van der Waals surface area contributed by atoms with Crippen LogP contribution in [0.3, 0.4) is 0 Å². The fraction of sp³-hybridized carbons (Fsp3) is 0.211. The molecular formula is C19H20N2O5. The van der Waals surface area contributed by atoms with E-state index in [1.165, 1.54) is 12.2 Å². The monoisotopic (exact) mass is 356 g/mol. The highest BCUT2D eigenvalue weighted by atomic mass is 16.5. The molecule has 2 rings (SSSR count). The number of hydrogen-bond acceptors (Lipinski definition) is 5. The quantitative estimate of drug-likeness (QED) is 0.439. The minimum absolute atomic E-state index is 0.00775. The number of benzene rings is 1. The molecule has 7 heteroatoms. The average molecular weight is 356 g/mol. The third kappa shape index (κ3) is 4.18. The van der Waals surface area contributed by atoms with Crippen LogP contribution in [0.4, 0.5) is 4.79 Å². The predicted octanol–water partition coefficient (Wildman–Crippen LogP) is 2.30. The van der Waals surface area contributed by atoms with Crippen LogP contribution < -0.4 is 14.8 Å². The molecule has 1 aliphatic rings. The molecule has 1 heterocycles. The SMILES string of the molecule is C=CCOc1ccc(C=C2C(=O)NC(=O)N(CC=C)C2=O)cc1OCC. The maximum Gasteiger partial charge on any atom is 0.331 e. The van der Waals surface area contributed by atoms with E-state index >= 15 is 0 Å². The number of carbonyl (C=O) groups is 3. The lowest BCUT2D eigenvalue weighted by Crippen LogP contribution is -2.54. The number of urea groups is 1. The van der Waals surface area contributed by atoms with E-state index in [1.807, 2.05) is 6.92 Å². The van der Waals surface area contributed by atoms with E-state index in [-0.39, 0.29) is 12.1 Å². The molecule has 136 valence electrons. The first-order valence-corrected chi connectivity index (χ1v) is 8.02. The lowest BCUT2D eigenvalue weighted by Gasteiger charge is -2.25. The molecule has 1 aromatic rings. The van der Waals surface area contributed by atoms with E-state index in [0.717, 1.165) is 4.90 Å². The van der Waals surface area contributed by atoms with Crippen molar-refractivity contribution in [2.24, 2.45) is 0 Å². The molecule has 0 bridgehead atoms. The third-order valence-electron chi connectivity index (χ3n) is 3.43. The third-order valence-corrected chi connectivity index (χ3v) is 3.43. The number of nitrogens with one attached hydrogen (secondary N) is 1. The molecule has 0 atom stereocenters. The van der Waals surface area contributed by atoms with Gasteiger partial charge in [-0.2, -0.15) is 0 Å². The van der Waals surface area contributed by atoms with Crippen molar-refractivity contribution in [3.8, 4) is 11.5 Å². The summed E-state index contributed by atoms with van der Waals surface area (Å²) in [6.07, 6.45) is 4.42. The van der Waals surface area contributed by atoms with Crippen LogP contribution in [-0.2, 0) is 9.59 Å². The van der Waals surface area contributed by atoms with Gasteiger partial charge in [0.2, 0.25) is 0 Å². The summed E-state index contributed by atoms with van der Waals surface area (Å²) in [6.45, 7) is 9.68. The molecular weight excluding hydrogens is 336 g/mol. The van der Waals surface area contributed by atoms with Crippen molar-refractivity contribution >= 4 is 23.9 Å². The van der Waals surface area contributed by atoms with Gasteiger partial charge in [0, 0.05) is 6.54 Å². The van der Waals surface area contributed by atoms with Crippen LogP contribution in [-0.4, -0.2) is 42.5 Å². The van der Waals surface area contributed by atoms with Gasteiger partial charge in [-0.1, -0.05) is 24.8 Å². The number of barbiturate groups is 1. The van der Waals surface area contributed by atoms with Gasteiger partial charge in [0.1, 0.15) is 12.2 Å². The summed E-state index contributed by atoms with van der Waals surface area (Å²) in [5, 5.41) is 2.14. The van der Waals surface area contributed by atoms with Crippen molar-refractivity contribution in [1.29, 1.82) is 0 Å². The fourth-order valence-electron chi connectivity index (χ4n) is 2.31. The number of amides is 4. The summed E-state index contributed by atoms with van der Waals surface area (Å²) in [4.78, 5) is 37.1. The maximum atomic E-state index is 12.4. The van der Waals surface area contributed by atoms with E-state index in [9.17, 15) is 14.4 Å². The molecule has 1 aromatic carbocycles. The van der Waals surface area contributed by atoms with Gasteiger partial charge >= 0.3 is 6.03 Å². The smallest absolute Gasteiger partial charge is 0.331 e. The molecule has 0 unspecified atom stereocenters. The normalized spacial score (nSPS) is 15.7. The summed E-state index contributed by atoms with van der Waals surface area (Å²) in [7, 11) is 0. The van der Waals surface area contributed by atoms with Gasteiger partial charge in [0.25, 0.3) is 11.8 Å². The Labute approximate surface area is 151 Å². The molecule has 1 saturated heterocycles. The van der Waals surface area contributed by atoms with Crippen LogP contribution in [0.25, 0.3) is 6.08 Å². The number of hydrogen-bond donors (Lipinski definition) is 1. The lowest BCUT2D eigenvalue weighted by atomic mass is 10.1. The maximum absolute atomic E-state index is 12.4. The van der Waals surface area contributed by atoms with Gasteiger partial charge in [-0.15, -0.1) is 6.58 Å². The minimum Gasteiger partial charge on any atom is -0.490 e. The average Bonchev–Trinajstić information content (AvgIpc) is 2.61. The van der Waals surface area contributed by atoms with Gasteiger partial charge in [-0.05, 0) is 30.7 Å². The second-order valence-corrected chi connectivity index (χ2v) is 5.26. The van der Waals surface area contributed by atoms with E-state index < -0.39 is 17.8 Å². The van der Waals surface area contributed by atoms with Crippen LogP contribution in [0.1, 0.15) is 12.5 Å². The van der Waals surface area contributed by atoms with Crippen molar-refractivity contribution in [3.05, 3.63) is 54.6 Å². The Morgan fingerprint density at radius 3 is 2.54 bits per heavy atom. The molecule has 7 nitrogen and oxygen atoms in total. The molecule has 1 aliphatic heterocycles. The van der Waals surface area contributed by atoms with E-state index in [0.29, 0.717) is 30.3 Å². The van der Waals surface area contributed by atoms with Crippen LogP contribution in [0.5, 0.6) is 11.5 Å². The molecule has 0 spiro atoms. The molecule has 1 N–H and O–H groups in total. The second-order valence-electron chi connectivity index (χ2n) is 5.26. The molecule has 1 fully saturated rings. The Morgan fingerprint density at radius 2 is 1.88 bits per heavy atom. The number of imide groups is 2. The Hall–Kier alpha value is -3.35. The standard InChI is InChI=1S/C19H20N2O5/c1-4-9-21-18(23)14(17(22)20-19(21)24)11-13-7-8-15(26-10-5-2)16(12-13)25-6-3/h4-5,7-8,11-12H,1-2,6,9-10H2,3H3,(H,20,22,24). The number of nitrogens with zero attached hydrogens (tertiary/aromatic N) is 1. The zero-order chi connectivity index (χ0) is 19.1. The highest BCUT2D eigenvalue weighted by molar-refractivity contribution is 6.31. The van der Waals surface area contributed by atoms with Crippen molar-refractivity contribution < 1.29 is 23.9 Å². The summed E-state index contributed by atoms with van der Waals surface area (Å²) in [6, 6.07) is 4.26. The number of ether oxygens (including phenoxy) is 2. The molecule has 0 aromatic heterocycles. The number of rotatable bonds is 8. The summed E-state index contributed by atoms with van der Waals surface area (Å²) < 4.78 is 11.1. The zero-order valence-corrected chi connectivity index (χ0v) is 14.5. The van der Waals surface area contributed by atoms with Crippen LogP contribution in [0.2, 0.25) is 0 Å². The van der Waals surface area contributed by atoms with E-state index in [2.05, 4.69) is 18.5 Å². The first kappa shape index (κ1) is 19.0.